The molecule has 15 heavy (non-hydrogen) atoms. The van der Waals surface area contributed by atoms with Crippen LogP contribution >= 0.6 is 15.9 Å². The molecule has 1 aromatic carbocycles. The van der Waals surface area contributed by atoms with Crippen molar-refractivity contribution < 1.29 is 9.90 Å². The van der Waals surface area contributed by atoms with E-state index in [0.29, 0.717) is 0 Å². The molecular formula is C12H15BrO2. The topological polar surface area (TPSA) is 37.3 Å². The molecule has 3 heteroatoms. The fourth-order valence-corrected chi connectivity index (χ4v) is 2.34. The van der Waals surface area contributed by atoms with Gasteiger partial charge in [0.05, 0.1) is 6.42 Å². The molecule has 1 atom stereocenters. The van der Waals surface area contributed by atoms with Crippen LogP contribution in [0, 0.1) is 0 Å². The number of carboxylic acid groups (broad SMARTS) is 1. The van der Waals surface area contributed by atoms with Crippen molar-refractivity contribution in [2.24, 2.45) is 0 Å². The molecule has 0 aliphatic rings. The Bertz CT molecular complexity index is 336. The van der Waals surface area contributed by atoms with Gasteiger partial charge in [0.25, 0.3) is 0 Å². The molecule has 1 rings (SSSR count). The molecule has 0 aromatic heterocycles. The van der Waals surface area contributed by atoms with Gasteiger partial charge in [-0.1, -0.05) is 47.5 Å². The standard InChI is InChI=1S/C12H15BrO2/c1-2-5-9(8-12(14)15)10-6-3-4-7-11(10)13/h3-4,6-7,9H,2,5,8H2,1H3,(H,14,15). The minimum Gasteiger partial charge on any atom is -0.481 e. The van der Waals surface area contributed by atoms with E-state index in [-0.39, 0.29) is 12.3 Å². The first-order chi connectivity index (χ1) is 7.15. The number of carbonyl (C=O) groups is 1. The average Bonchev–Trinajstić information content (AvgIpc) is 2.17. The van der Waals surface area contributed by atoms with Crippen LogP contribution in [0.2, 0.25) is 0 Å². The minimum absolute atomic E-state index is 0.114. The molecule has 0 heterocycles. The summed E-state index contributed by atoms with van der Waals surface area (Å²) in [5, 5.41) is 8.85. The van der Waals surface area contributed by atoms with Crippen LogP contribution in [0.5, 0.6) is 0 Å². The zero-order valence-corrected chi connectivity index (χ0v) is 10.3. The van der Waals surface area contributed by atoms with Crippen molar-refractivity contribution in [2.45, 2.75) is 32.1 Å². The summed E-state index contributed by atoms with van der Waals surface area (Å²) >= 11 is 3.46. The highest BCUT2D eigenvalue weighted by molar-refractivity contribution is 9.10. The Morgan fingerprint density at radius 1 is 1.47 bits per heavy atom. The molecule has 1 unspecified atom stereocenters. The first-order valence-corrected chi connectivity index (χ1v) is 5.90. The van der Waals surface area contributed by atoms with Crippen molar-refractivity contribution in [1.29, 1.82) is 0 Å². The molecule has 82 valence electrons. The smallest absolute Gasteiger partial charge is 0.303 e. The van der Waals surface area contributed by atoms with Gasteiger partial charge in [0.2, 0.25) is 0 Å². The first kappa shape index (κ1) is 12.2. The fraction of sp³-hybridized carbons (Fsp3) is 0.417. The average molecular weight is 271 g/mol. The minimum atomic E-state index is -0.732. The Balaban J connectivity index is 2.88. The van der Waals surface area contributed by atoms with Gasteiger partial charge in [0, 0.05) is 4.47 Å². The summed E-state index contributed by atoms with van der Waals surface area (Å²) in [5.41, 5.74) is 1.10. The summed E-state index contributed by atoms with van der Waals surface area (Å²) in [4.78, 5) is 10.8. The molecule has 1 aromatic rings. The summed E-state index contributed by atoms with van der Waals surface area (Å²) < 4.78 is 1.00. The van der Waals surface area contributed by atoms with E-state index in [1.165, 1.54) is 0 Å². The van der Waals surface area contributed by atoms with Gasteiger partial charge in [0.1, 0.15) is 0 Å². The Labute approximate surface area is 98.4 Å². The van der Waals surface area contributed by atoms with Crippen LogP contribution in [0.25, 0.3) is 0 Å². The zero-order valence-electron chi connectivity index (χ0n) is 8.74. The number of aliphatic carboxylic acids is 1. The second-order valence-electron chi connectivity index (χ2n) is 3.60. The van der Waals surface area contributed by atoms with Gasteiger partial charge < -0.3 is 5.11 Å². The number of benzene rings is 1. The molecule has 0 spiro atoms. The lowest BCUT2D eigenvalue weighted by Crippen LogP contribution is -2.06. The zero-order chi connectivity index (χ0) is 11.3. The van der Waals surface area contributed by atoms with E-state index in [9.17, 15) is 4.79 Å². The largest absolute Gasteiger partial charge is 0.481 e. The maximum atomic E-state index is 10.8. The number of halogens is 1. The van der Waals surface area contributed by atoms with Crippen LogP contribution in [0.1, 0.15) is 37.7 Å². The van der Waals surface area contributed by atoms with Crippen LogP contribution in [0.15, 0.2) is 28.7 Å². The Morgan fingerprint density at radius 3 is 2.67 bits per heavy atom. The van der Waals surface area contributed by atoms with Gasteiger partial charge >= 0.3 is 5.97 Å². The molecule has 0 aliphatic carbocycles. The van der Waals surface area contributed by atoms with E-state index in [2.05, 4.69) is 22.9 Å². The monoisotopic (exact) mass is 270 g/mol. The summed E-state index contributed by atoms with van der Waals surface area (Å²) in [6.45, 7) is 2.08. The van der Waals surface area contributed by atoms with Crippen LogP contribution in [0.4, 0.5) is 0 Å². The Hall–Kier alpha value is -0.830. The van der Waals surface area contributed by atoms with Crippen molar-refractivity contribution >= 4 is 21.9 Å². The van der Waals surface area contributed by atoms with E-state index < -0.39 is 5.97 Å². The third-order valence-electron chi connectivity index (χ3n) is 2.40. The predicted octanol–water partition coefficient (Wildman–Crippen LogP) is 3.81. The second kappa shape index (κ2) is 5.91. The van der Waals surface area contributed by atoms with Crippen molar-refractivity contribution in [3.63, 3.8) is 0 Å². The summed E-state index contributed by atoms with van der Waals surface area (Å²) in [6, 6.07) is 7.84. The molecule has 2 nitrogen and oxygen atoms in total. The molecule has 0 radical (unpaired) electrons. The van der Waals surface area contributed by atoms with Gasteiger partial charge in [-0.15, -0.1) is 0 Å². The lowest BCUT2D eigenvalue weighted by atomic mass is 9.91. The van der Waals surface area contributed by atoms with Crippen LogP contribution in [-0.4, -0.2) is 11.1 Å². The SMILES string of the molecule is CCCC(CC(=O)O)c1ccccc1Br. The normalized spacial score (nSPS) is 12.4. The third-order valence-corrected chi connectivity index (χ3v) is 3.13. The van der Waals surface area contributed by atoms with Crippen LogP contribution in [0.3, 0.4) is 0 Å². The van der Waals surface area contributed by atoms with Gasteiger partial charge in [-0.2, -0.15) is 0 Å². The predicted molar refractivity (Wildman–Crippen MR) is 64.0 cm³/mol. The molecule has 1 N–H and O–H groups in total. The summed E-state index contributed by atoms with van der Waals surface area (Å²) in [5.74, 6) is -0.618. The summed E-state index contributed by atoms with van der Waals surface area (Å²) in [6.07, 6.45) is 2.12. The molecule has 0 fully saturated rings. The number of hydrogen-bond donors (Lipinski definition) is 1. The second-order valence-corrected chi connectivity index (χ2v) is 4.46. The van der Waals surface area contributed by atoms with E-state index in [0.717, 1.165) is 22.9 Å². The highest BCUT2D eigenvalue weighted by Crippen LogP contribution is 2.30. The van der Waals surface area contributed by atoms with Gasteiger partial charge in [0.15, 0.2) is 0 Å². The molecule has 0 bridgehead atoms. The van der Waals surface area contributed by atoms with Crippen molar-refractivity contribution in [3.8, 4) is 0 Å². The Morgan fingerprint density at radius 2 is 2.13 bits per heavy atom. The third kappa shape index (κ3) is 3.67. The Kier molecular flexibility index (Phi) is 4.82. The van der Waals surface area contributed by atoms with E-state index in [1.807, 2.05) is 24.3 Å². The lowest BCUT2D eigenvalue weighted by Gasteiger charge is -2.15. The van der Waals surface area contributed by atoms with Crippen LogP contribution in [-0.2, 0) is 4.79 Å². The fourth-order valence-electron chi connectivity index (χ4n) is 1.73. The lowest BCUT2D eigenvalue weighted by molar-refractivity contribution is -0.137. The van der Waals surface area contributed by atoms with Crippen molar-refractivity contribution in [2.75, 3.05) is 0 Å². The summed E-state index contributed by atoms with van der Waals surface area (Å²) in [7, 11) is 0. The number of carboxylic acids is 1. The quantitative estimate of drug-likeness (QED) is 0.884. The van der Waals surface area contributed by atoms with Gasteiger partial charge in [-0.05, 0) is 24.0 Å². The molecule has 0 amide bonds. The van der Waals surface area contributed by atoms with Gasteiger partial charge in [-0.3, -0.25) is 4.79 Å². The first-order valence-electron chi connectivity index (χ1n) is 5.11. The van der Waals surface area contributed by atoms with Gasteiger partial charge in [-0.25, -0.2) is 0 Å². The molecule has 0 saturated heterocycles. The van der Waals surface area contributed by atoms with Crippen LogP contribution < -0.4 is 0 Å². The highest BCUT2D eigenvalue weighted by atomic mass is 79.9. The number of rotatable bonds is 5. The van der Waals surface area contributed by atoms with E-state index in [1.54, 1.807) is 0 Å². The van der Waals surface area contributed by atoms with E-state index >= 15 is 0 Å². The van der Waals surface area contributed by atoms with Crippen molar-refractivity contribution in [1.82, 2.24) is 0 Å². The molecule has 0 aliphatic heterocycles. The molecule has 0 saturated carbocycles. The van der Waals surface area contributed by atoms with Crippen molar-refractivity contribution in [3.05, 3.63) is 34.3 Å². The highest BCUT2D eigenvalue weighted by Gasteiger charge is 2.16. The maximum absolute atomic E-state index is 10.8. The molecular weight excluding hydrogens is 256 g/mol. The maximum Gasteiger partial charge on any atom is 0.303 e. The van der Waals surface area contributed by atoms with E-state index in [4.69, 9.17) is 5.11 Å². The number of hydrogen-bond acceptors (Lipinski definition) is 1.